The third-order valence-corrected chi connectivity index (χ3v) is 6.98. The zero-order chi connectivity index (χ0) is 18.8. The molecular weight excluding hydrogens is 380 g/mol. The van der Waals surface area contributed by atoms with Crippen molar-refractivity contribution in [3.05, 3.63) is 40.6 Å². The van der Waals surface area contributed by atoms with Gasteiger partial charge in [-0.05, 0) is 43.7 Å². The lowest BCUT2D eigenvalue weighted by Gasteiger charge is -2.24. The molecular formula is C16H22N2O4S3. The fraction of sp³-hybridized carbons (Fsp3) is 0.375. The Morgan fingerprint density at radius 3 is 2.24 bits per heavy atom. The summed E-state index contributed by atoms with van der Waals surface area (Å²) >= 11 is 1.63. The van der Waals surface area contributed by atoms with Crippen LogP contribution in [0.5, 0.6) is 0 Å². The summed E-state index contributed by atoms with van der Waals surface area (Å²) in [5.41, 5.74) is 0.401. The monoisotopic (exact) mass is 402 g/mol. The number of anilines is 1. The molecule has 1 atom stereocenters. The van der Waals surface area contributed by atoms with E-state index in [1.54, 1.807) is 11.3 Å². The van der Waals surface area contributed by atoms with Crippen LogP contribution in [0.4, 0.5) is 5.69 Å². The van der Waals surface area contributed by atoms with Gasteiger partial charge in [0.2, 0.25) is 0 Å². The van der Waals surface area contributed by atoms with E-state index >= 15 is 0 Å². The second-order valence-electron chi connectivity index (χ2n) is 6.08. The van der Waals surface area contributed by atoms with Crippen molar-refractivity contribution in [2.75, 3.05) is 38.5 Å². The lowest BCUT2D eigenvalue weighted by atomic mass is 10.2. The van der Waals surface area contributed by atoms with Crippen molar-refractivity contribution in [2.45, 2.75) is 15.8 Å². The second-order valence-corrected chi connectivity index (χ2v) is 11.1. The Labute approximate surface area is 153 Å². The van der Waals surface area contributed by atoms with Gasteiger partial charge in [0.25, 0.3) is 0 Å². The van der Waals surface area contributed by atoms with E-state index in [1.165, 1.54) is 18.2 Å². The van der Waals surface area contributed by atoms with Crippen molar-refractivity contribution >= 4 is 36.7 Å². The van der Waals surface area contributed by atoms with Gasteiger partial charge in [0.15, 0.2) is 19.7 Å². The Balaban J connectivity index is 2.36. The summed E-state index contributed by atoms with van der Waals surface area (Å²) in [5.74, 6) is 0. The summed E-state index contributed by atoms with van der Waals surface area (Å²) in [7, 11) is -3.15. The molecule has 0 amide bonds. The van der Waals surface area contributed by atoms with Crippen LogP contribution in [0.15, 0.2) is 45.5 Å². The summed E-state index contributed by atoms with van der Waals surface area (Å²) < 4.78 is 47.6. The van der Waals surface area contributed by atoms with Crippen LogP contribution in [-0.2, 0) is 19.7 Å². The molecule has 0 aliphatic rings. The molecule has 0 aliphatic heterocycles. The molecule has 0 saturated heterocycles. The Hall–Kier alpha value is -1.42. The number of nitrogens with zero attached hydrogens (tertiary/aromatic N) is 1. The van der Waals surface area contributed by atoms with Crippen LogP contribution in [0.25, 0.3) is 0 Å². The van der Waals surface area contributed by atoms with Crippen LogP contribution in [-0.4, -0.2) is 54.9 Å². The fourth-order valence-corrected chi connectivity index (χ4v) is 4.94. The SMILES string of the molecule is CN(C)[C@H](CNc1ccc(S(C)(=O)=O)cc1S(C)(=O)=O)c1cccs1. The van der Waals surface area contributed by atoms with Crippen LogP contribution in [0, 0.1) is 0 Å². The van der Waals surface area contributed by atoms with E-state index in [2.05, 4.69) is 5.32 Å². The second kappa shape index (κ2) is 7.45. The van der Waals surface area contributed by atoms with E-state index in [0.717, 1.165) is 17.4 Å². The summed E-state index contributed by atoms with van der Waals surface area (Å²) in [6.45, 7) is 0.494. The Bertz CT molecular complexity index is 934. The Kier molecular flexibility index (Phi) is 5.93. The van der Waals surface area contributed by atoms with E-state index < -0.39 is 19.7 Å². The van der Waals surface area contributed by atoms with Gasteiger partial charge >= 0.3 is 0 Å². The van der Waals surface area contributed by atoms with Crippen LogP contribution in [0.1, 0.15) is 10.9 Å². The molecule has 9 heteroatoms. The largest absolute Gasteiger partial charge is 0.382 e. The van der Waals surface area contributed by atoms with Crippen LogP contribution < -0.4 is 5.32 Å². The van der Waals surface area contributed by atoms with Crippen molar-refractivity contribution in [1.82, 2.24) is 4.90 Å². The maximum Gasteiger partial charge on any atom is 0.177 e. The average molecular weight is 403 g/mol. The van der Waals surface area contributed by atoms with Crippen molar-refractivity contribution in [3.8, 4) is 0 Å². The Morgan fingerprint density at radius 1 is 1.08 bits per heavy atom. The standard InChI is InChI=1S/C16H22N2O4S3/c1-18(2)14(15-6-5-9-23-15)11-17-13-8-7-12(24(3,19)20)10-16(13)25(4,21)22/h5-10,14,17H,11H2,1-4H3/t14-/m1/s1. The molecule has 6 nitrogen and oxygen atoms in total. The fourth-order valence-electron chi connectivity index (χ4n) is 2.41. The molecule has 1 aromatic carbocycles. The van der Waals surface area contributed by atoms with E-state index in [-0.39, 0.29) is 15.8 Å². The molecule has 25 heavy (non-hydrogen) atoms. The van der Waals surface area contributed by atoms with E-state index in [1.807, 2.05) is 36.5 Å². The highest BCUT2D eigenvalue weighted by atomic mass is 32.2. The molecule has 0 fully saturated rings. The minimum Gasteiger partial charge on any atom is -0.382 e. The normalized spacial score (nSPS) is 13.8. The lowest BCUT2D eigenvalue weighted by Crippen LogP contribution is -2.26. The number of sulfone groups is 2. The van der Waals surface area contributed by atoms with E-state index in [4.69, 9.17) is 0 Å². The van der Waals surface area contributed by atoms with Crippen molar-refractivity contribution < 1.29 is 16.8 Å². The molecule has 0 unspecified atom stereocenters. The minimum absolute atomic E-state index is 0.0131. The third-order valence-electron chi connectivity index (χ3n) is 3.76. The predicted octanol–water partition coefficient (Wildman–Crippen LogP) is 2.27. The van der Waals surface area contributed by atoms with Gasteiger partial charge in [0, 0.05) is 23.9 Å². The first-order valence-electron chi connectivity index (χ1n) is 7.48. The maximum absolute atomic E-state index is 12.1. The molecule has 2 aromatic rings. The molecule has 0 aliphatic carbocycles. The molecule has 0 bridgehead atoms. The highest BCUT2D eigenvalue weighted by molar-refractivity contribution is 7.91. The highest BCUT2D eigenvalue weighted by Gasteiger charge is 2.20. The van der Waals surface area contributed by atoms with Crippen molar-refractivity contribution in [2.24, 2.45) is 0 Å². The number of hydrogen-bond donors (Lipinski definition) is 1. The zero-order valence-corrected chi connectivity index (χ0v) is 17.0. The summed E-state index contributed by atoms with van der Waals surface area (Å²) in [5, 5.41) is 5.15. The quantitative estimate of drug-likeness (QED) is 0.765. The van der Waals surface area contributed by atoms with Crippen LogP contribution >= 0.6 is 11.3 Å². The van der Waals surface area contributed by atoms with Gasteiger partial charge in [-0.3, -0.25) is 0 Å². The van der Waals surface area contributed by atoms with Gasteiger partial charge in [0.1, 0.15) is 0 Å². The first kappa shape index (κ1) is 19.9. The number of hydrogen-bond acceptors (Lipinski definition) is 7. The van der Waals surface area contributed by atoms with E-state index in [0.29, 0.717) is 12.2 Å². The van der Waals surface area contributed by atoms with Gasteiger partial charge in [0.05, 0.1) is 21.5 Å². The smallest absolute Gasteiger partial charge is 0.177 e. The zero-order valence-electron chi connectivity index (χ0n) is 14.6. The summed E-state index contributed by atoms with van der Waals surface area (Å²) in [6, 6.07) is 8.21. The van der Waals surface area contributed by atoms with Crippen LogP contribution in [0.3, 0.4) is 0 Å². The highest BCUT2D eigenvalue weighted by Crippen LogP contribution is 2.28. The molecule has 0 radical (unpaired) electrons. The molecule has 138 valence electrons. The van der Waals surface area contributed by atoms with Crippen molar-refractivity contribution in [1.29, 1.82) is 0 Å². The minimum atomic E-state index is -3.58. The lowest BCUT2D eigenvalue weighted by molar-refractivity contribution is 0.316. The van der Waals surface area contributed by atoms with Gasteiger partial charge in [-0.15, -0.1) is 11.3 Å². The predicted molar refractivity (Wildman–Crippen MR) is 102 cm³/mol. The molecule has 2 rings (SSSR count). The first-order chi connectivity index (χ1) is 11.5. The van der Waals surface area contributed by atoms with E-state index in [9.17, 15) is 16.8 Å². The van der Waals surface area contributed by atoms with Gasteiger partial charge < -0.3 is 10.2 Å². The third kappa shape index (κ3) is 5.04. The van der Waals surface area contributed by atoms with Crippen molar-refractivity contribution in [3.63, 3.8) is 0 Å². The number of thiophene rings is 1. The Morgan fingerprint density at radius 2 is 1.76 bits per heavy atom. The number of nitrogens with one attached hydrogen (secondary N) is 1. The molecule has 1 heterocycles. The molecule has 1 N–H and O–H groups in total. The summed E-state index contributed by atoms with van der Waals surface area (Å²) in [4.78, 5) is 3.18. The molecule has 0 saturated carbocycles. The topological polar surface area (TPSA) is 83.6 Å². The molecule has 1 aromatic heterocycles. The van der Waals surface area contributed by atoms with Gasteiger partial charge in [-0.1, -0.05) is 6.07 Å². The molecule has 0 spiro atoms. The summed E-state index contributed by atoms with van der Waals surface area (Å²) in [6.07, 6.45) is 2.13. The number of benzene rings is 1. The first-order valence-corrected chi connectivity index (χ1v) is 12.1. The number of likely N-dealkylation sites (N-methyl/N-ethyl adjacent to an activating group) is 1. The number of rotatable bonds is 7. The maximum atomic E-state index is 12.1. The van der Waals surface area contributed by atoms with Gasteiger partial charge in [-0.2, -0.15) is 0 Å². The average Bonchev–Trinajstić information content (AvgIpc) is 2.99. The van der Waals surface area contributed by atoms with Crippen LogP contribution in [0.2, 0.25) is 0 Å². The van der Waals surface area contributed by atoms with Gasteiger partial charge in [-0.25, -0.2) is 16.8 Å².